The van der Waals surface area contributed by atoms with Crippen LogP contribution in [-0.4, -0.2) is 96.5 Å². The molecule has 334 valence electrons. The van der Waals surface area contributed by atoms with Crippen LogP contribution in [0.1, 0.15) is 107 Å². The fraction of sp³-hybridized carbons (Fsp3) is 0.521. The van der Waals surface area contributed by atoms with E-state index in [-0.39, 0.29) is 54.8 Å². The zero-order valence-corrected chi connectivity index (χ0v) is 37.4. The first kappa shape index (κ1) is 43.1. The van der Waals surface area contributed by atoms with Crippen LogP contribution >= 0.6 is 11.8 Å². The van der Waals surface area contributed by atoms with Gasteiger partial charge in [0.05, 0.1) is 37.6 Å². The molecular formula is C48H56N4O10S. The Morgan fingerprint density at radius 2 is 1.84 bits per heavy atom. The zero-order chi connectivity index (χ0) is 44.3. The number of phenols is 2. The summed E-state index contributed by atoms with van der Waals surface area (Å²) in [5.41, 5.74) is 4.42. The maximum Gasteiger partial charge on any atom is 0.331 e. The van der Waals surface area contributed by atoms with Gasteiger partial charge < -0.3 is 38.6 Å². The lowest BCUT2D eigenvalue weighted by atomic mass is 9.71. The highest BCUT2D eigenvalue weighted by atomic mass is 32.2. The Morgan fingerprint density at radius 1 is 1.05 bits per heavy atom. The molecule has 7 aliphatic heterocycles. The molecule has 1 unspecified atom stereocenters. The lowest BCUT2D eigenvalue weighted by Gasteiger charge is -2.62. The summed E-state index contributed by atoms with van der Waals surface area (Å²) in [7, 11) is 3.02. The molecule has 7 aliphatic rings. The smallest absolute Gasteiger partial charge is 0.331 e. The van der Waals surface area contributed by atoms with Crippen LogP contribution in [0.2, 0.25) is 0 Å². The Balaban J connectivity index is 1.30. The Morgan fingerprint density at radius 3 is 2.59 bits per heavy atom. The average Bonchev–Trinajstić information content (AvgIpc) is 3.76. The van der Waals surface area contributed by atoms with Crippen molar-refractivity contribution in [3.63, 3.8) is 0 Å². The number of methoxy groups -OCH3 is 2. The average molecular weight is 881 g/mol. The summed E-state index contributed by atoms with van der Waals surface area (Å²) in [4.78, 5) is 33.5. The van der Waals surface area contributed by atoms with Gasteiger partial charge >= 0.3 is 11.9 Å². The number of nitriles is 1. The fourth-order valence-corrected chi connectivity index (χ4v) is 13.0. The molecule has 0 aromatic heterocycles. The minimum atomic E-state index is -1.39. The second kappa shape index (κ2) is 17.1. The number of carbonyl (C=O) groups is 2. The first-order valence-corrected chi connectivity index (χ1v) is 23.1. The molecule has 2 saturated heterocycles. The Kier molecular flexibility index (Phi) is 11.7. The molecule has 0 aliphatic carbocycles. The number of hydrogen-bond acceptors (Lipinski definition) is 15. The van der Waals surface area contributed by atoms with Crippen LogP contribution in [0.3, 0.4) is 0 Å². The van der Waals surface area contributed by atoms with Gasteiger partial charge in [-0.05, 0) is 67.5 Å². The number of carbonyl (C=O) groups excluding carboxylic acids is 2. The molecule has 15 heteroatoms. The van der Waals surface area contributed by atoms with Gasteiger partial charge in [0, 0.05) is 59.6 Å². The van der Waals surface area contributed by atoms with E-state index in [1.165, 1.54) is 18.9 Å². The molecule has 2 fully saturated rings. The van der Waals surface area contributed by atoms with Crippen LogP contribution in [0.4, 0.5) is 0 Å². The molecule has 4 bridgehead atoms. The van der Waals surface area contributed by atoms with Crippen LogP contribution < -0.4 is 29.0 Å². The number of phenolic OH excluding ortho intramolecular Hbond substituents is 2. The predicted molar refractivity (Wildman–Crippen MR) is 235 cm³/mol. The highest BCUT2D eigenvalue weighted by Crippen LogP contribution is 2.65. The molecule has 63 heavy (non-hydrogen) atoms. The lowest BCUT2D eigenvalue weighted by molar-refractivity contribution is -0.157. The minimum absolute atomic E-state index is 0.0239. The standard InChI is InChI=1S/C48H56N4O10S/c1-7-9-10-11-12-13-35(54)62-43-26(4)44-45(61-24-60-44)37-32-22-59-47(56)48(29-20-34(57-5)33(53)19-27(29)14-15-50-48)23-63-46(38(37)43)40-39-36-28(17-25(3)42(58-6)41(36)55)18-30(51(39)16-8-2)31(21-49)52(32)40/h8,17,19-20,30-32,39-40,46,50,53,55H,2,7,9-16,18,22-24H2,1,3-6H3/t30-,31-,32-,39-,40?,46+,48+/m0/s1. The van der Waals surface area contributed by atoms with Gasteiger partial charge in [-0.2, -0.15) is 5.26 Å². The van der Waals surface area contributed by atoms with Crippen molar-refractivity contribution in [1.82, 2.24) is 15.1 Å². The van der Waals surface area contributed by atoms with E-state index in [9.17, 15) is 25.1 Å². The van der Waals surface area contributed by atoms with Crippen molar-refractivity contribution in [2.24, 2.45) is 0 Å². The summed E-state index contributed by atoms with van der Waals surface area (Å²) in [5, 5.41) is 37.6. The number of hydrogen-bond donors (Lipinski definition) is 3. The number of nitrogens with one attached hydrogen (secondary N) is 1. The topological polar surface area (TPSA) is 172 Å². The number of esters is 2. The Hall–Kier alpha value is -5.14. The molecule has 3 aromatic carbocycles. The molecule has 1 spiro atoms. The quantitative estimate of drug-likeness (QED) is 0.0787. The largest absolute Gasteiger partial charge is 0.504 e. The number of piperazine rings is 1. The van der Waals surface area contributed by atoms with E-state index in [0.29, 0.717) is 83.2 Å². The van der Waals surface area contributed by atoms with Crippen molar-refractivity contribution in [3.05, 3.63) is 75.4 Å². The van der Waals surface area contributed by atoms with E-state index >= 15 is 0 Å². The monoisotopic (exact) mass is 880 g/mol. The SMILES string of the molecule is C=CCN1[C@H]2c3c(cc(C)c(OC)c3O)C[C@H]1[C@H](C#N)N1C2[C@@H]2SC[C@]3(NCCc4cc(O)c(OC)cc43)C(=O)OC[C@H]1c1c3c(c(C)c(OC(=O)CCCCCCC)c12)OCO3. The van der Waals surface area contributed by atoms with Crippen molar-refractivity contribution >= 4 is 23.7 Å². The van der Waals surface area contributed by atoms with Crippen molar-refractivity contribution in [1.29, 1.82) is 5.26 Å². The van der Waals surface area contributed by atoms with E-state index in [2.05, 4.69) is 40.8 Å². The van der Waals surface area contributed by atoms with E-state index in [4.69, 9.17) is 28.4 Å². The fourth-order valence-electron chi connectivity index (χ4n) is 11.3. The van der Waals surface area contributed by atoms with E-state index in [1.807, 2.05) is 19.9 Å². The molecule has 0 saturated carbocycles. The molecular weight excluding hydrogens is 825 g/mol. The summed E-state index contributed by atoms with van der Waals surface area (Å²) >= 11 is 1.50. The summed E-state index contributed by atoms with van der Waals surface area (Å²) in [6.45, 7) is 10.7. The molecule has 3 N–H and O–H groups in total. The van der Waals surface area contributed by atoms with Gasteiger partial charge in [-0.3, -0.25) is 19.9 Å². The van der Waals surface area contributed by atoms with Gasteiger partial charge in [0.1, 0.15) is 18.4 Å². The predicted octanol–water partition coefficient (Wildman–Crippen LogP) is 6.88. The van der Waals surface area contributed by atoms with Crippen LogP contribution in [0.15, 0.2) is 30.9 Å². The number of fused-ring (bicyclic) bond motifs is 9. The highest BCUT2D eigenvalue weighted by molar-refractivity contribution is 7.99. The Labute approximate surface area is 372 Å². The number of unbranched alkanes of at least 4 members (excludes halogenated alkanes) is 4. The summed E-state index contributed by atoms with van der Waals surface area (Å²) in [6.07, 6.45) is 7.89. The Bertz CT molecular complexity index is 2400. The van der Waals surface area contributed by atoms with Crippen LogP contribution in [0, 0.1) is 25.2 Å². The van der Waals surface area contributed by atoms with Crippen molar-refractivity contribution in [2.45, 2.75) is 113 Å². The first-order valence-electron chi connectivity index (χ1n) is 22.1. The second-order valence-corrected chi connectivity index (χ2v) is 18.6. The lowest BCUT2D eigenvalue weighted by Crippen LogP contribution is -2.70. The van der Waals surface area contributed by atoms with Crippen molar-refractivity contribution in [3.8, 4) is 46.3 Å². The van der Waals surface area contributed by atoms with Crippen LogP contribution in [0.25, 0.3) is 0 Å². The zero-order valence-electron chi connectivity index (χ0n) is 36.6. The molecule has 7 atom stereocenters. The molecule has 10 rings (SSSR count). The third-order valence-corrected chi connectivity index (χ3v) is 15.5. The number of thioether (sulfide) groups is 1. The maximum atomic E-state index is 15.0. The van der Waals surface area contributed by atoms with Crippen LogP contribution in [-0.2, 0) is 32.7 Å². The van der Waals surface area contributed by atoms with Gasteiger partial charge in [0.15, 0.2) is 40.0 Å². The summed E-state index contributed by atoms with van der Waals surface area (Å²) in [5.74, 6) is 1.16. The highest BCUT2D eigenvalue weighted by Gasteiger charge is 2.62. The van der Waals surface area contributed by atoms with Crippen molar-refractivity contribution in [2.75, 3.05) is 46.5 Å². The number of nitrogens with zero attached hydrogens (tertiary/aromatic N) is 3. The molecule has 0 radical (unpaired) electrons. The number of aromatic hydroxyl groups is 2. The second-order valence-electron chi connectivity index (χ2n) is 17.5. The molecule has 3 aromatic rings. The number of rotatable bonds is 11. The summed E-state index contributed by atoms with van der Waals surface area (Å²) in [6, 6.07) is 5.15. The van der Waals surface area contributed by atoms with Gasteiger partial charge in [-0.15, -0.1) is 18.3 Å². The van der Waals surface area contributed by atoms with E-state index in [0.717, 1.165) is 42.4 Å². The van der Waals surface area contributed by atoms with Gasteiger partial charge in [-0.1, -0.05) is 44.7 Å². The van der Waals surface area contributed by atoms with Crippen LogP contribution in [0.5, 0.6) is 40.2 Å². The third-order valence-electron chi connectivity index (χ3n) is 14.1. The van der Waals surface area contributed by atoms with Gasteiger partial charge in [0.2, 0.25) is 6.79 Å². The van der Waals surface area contributed by atoms with E-state index in [1.54, 1.807) is 19.2 Å². The van der Waals surface area contributed by atoms with Gasteiger partial charge in [0.25, 0.3) is 0 Å². The molecule has 7 heterocycles. The van der Waals surface area contributed by atoms with E-state index < -0.39 is 40.9 Å². The third kappa shape index (κ3) is 6.78. The number of benzene rings is 3. The maximum absolute atomic E-state index is 15.0. The van der Waals surface area contributed by atoms with Crippen molar-refractivity contribution < 1.29 is 48.2 Å². The molecule has 14 nitrogen and oxygen atoms in total. The minimum Gasteiger partial charge on any atom is -0.504 e. The van der Waals surface area contributed by atoms with Gasteiger partial charge in [-0.25, -0.2) is 4.79 Å². The first-order chi connectivity index (χ1) is 30.5. The number of ether oxygens (including phenoxy) is 6. The summed E-state index contributed by atoms with van der Waals surface area (Å²) < 4.78 is 37.1. The molecule has 0 amide bonds. The number of aryl methyl sites for hydroxylation is 1. The normalized spacial score (nSPS) is 26.7.